The van der Waals surface area contributed by atoms with Crippen LogP contribution in [-0.2, 0) is 9.47 Å². The number of ketones is 1. The first-order valence-electron chi connectivity index (χ1n) is 13.7. The van der Waals surface area contributed by atoms with Crippen molar-refractivity contribution in [2.75, 3.05) is 20.3 Å². The van der Waals surface area contributed by atoms with Gasteiger partial charge in [0.25, 0.3) is 0 Å². The van der Waals surface area contributed by atoms with Crippen molar-refractivity contribution >= 4 is 5.78 Å². The Hall–Kier alpha value is -3.29. The highest BCUT2D eigenvalue weighted by atomic mass is 16.7. The molecule has 2 fully saturated rings. The van der Waals surface area contributed by atoms with Crippen molar-refractivity contribution in [1.82, 2.24) is 0 Å². The fourth-order valence-corrected chi connectivity index (χ4v) is 5.24. The van der Waals surface area contributed by atoms with Crippen molar-refractivity contribution in [1.29, 1.82) is 0 Å². The van der Waals surface area contributed by atoms with Crippen molar-refractivity contribution < 1.29 is 79.2 Å². The van der Waals surface area contributed by atoms with Crippen LogP contribution in [0.3, 0.4) is 0 Å². The Balaban J connectivity index is 1.38. The fraction of sp³-hybridized carbons (Fsp3) is 0.536. The number of hydrogen-bond acceptors (Lipinski definition) is 16. The highest BCUT2D eigenvalue weighted by Crippen LogP contribution is 2.44. The maximum atomic E-state index is 13.1. The standard InChI is InChI=1S/C28H34O16/c1-39-14-3-2-10(4-16(14)42-28-26(38)24(36)22(34)19(9-30)44-28)15-7-13(32)20-12(31)5-11(6-17(20)41-15)40-27-25(37)23(35)21(33)18(8-29)43-27/h2-6,15,18-19,21-31,33-38H,7-9H2,1H3/t15?,18-,19-,21-,22-,23+,24+,25-,26-,27-,28-/m1/s1. The molecule has 9 N–H and O–H groups in total. The van der Waals surface area contributed by atoms with E-state index in [-0.39, 0.29) is 35.0 Å². The van der Waals surface area contributed by atoms with E-state index in [2.05, 4.69) is 0 Å². The molecule has 5 rings (SSSR count). The second kappa shape index (κ2) is 13.0. The zero-order chi connectivity index (χ0) is 31.9. The molecule has 0 aliphatic carbocycles. The summed E-state index contributed by atoms with van der Waals surface area (Å²) in [5.41, 5.74) is 0.262. The van der Waals surface area contributed by atoms with Crippen LogP contribution in [0, 0.1) is 0 Å². The summed E-state index contributed by atoms with van der Waals surface area (Å²) < 4.78 is 33.5. The minimum Gasteiger partial charge on any atom is -0.507 e. The molecule has 0 radical (unpaired) electrons. The molecule has 242 valence electrons. The number of benzene rings is 2. The lowest BCUT2D eigenvalue weighted by molar-refractivity contribution is -0.277. The topological polar surface area (TPSA) is 255 Å². The van der Waals surface area contributed by atoms with Gasteiger partial charge in [-0.15, -0.1) is 0 Å². The lowest BCUT2D eigenvalue weighted by atomic mass is 9.95. The number of hydrogen-bond donors (Lipinski definition) is 9. The molecule has 3 heterocycles. The van der Waals surface area contributed by atoms with Gasteiger partial charge in [0.15, 0.2) is 17.3 Å². The lowest BCUT2D eigenvalue weighted by Gasteiger charge is -2.39. The number of fused-ring (bicyclic) bond motifs is 1. The molecule has 1 unspecified atom stereocenters. The summed E-state index contributed by atoms with van der Waals surface area (Å²) in [4.78, 5) is 13.1. The largest absolute Gasteiger partial charge is 0.507 e. The maximum Gasteiger partial charge on any atom is 0.229 e. The molecule has 3 aliphatic heterocycles. The van der Waals surface area contributed by atoms with Crippen LogP contribution in [0.2, 0.25) is 0 Å². The van der Waals surface area contributed by atoms with E-state index in [1.165, 1.54) is 25.3 Å². The van der Waals surface area contributed by atoms with Gasteiger partial charge in [0.1, 0.15) is 77.7 Å². The Bertz CT molecular complexity index is 1330. The number of aliphatic hydroxyl groups excluding tert-OH is 8. The minimum absolute atomic E-state index is 0.0127. The predicted molar refractivity (Wildman–Crippen MR) is 142 cm³/mol. The SMILES string of the molecule is COc1ccc(C2CC(=O)c3c(O)cc(O[C@@H]4O[C@H](CO)[C@@H](O)[C@H](O)[C@H]4O)cc3O2)cc1O[C@@H]1O[C@H](CO)[C@@H](O)[C@H](O)[C@H]1O. The second-order valence-electron chi connectivity index (χ2n) is 10.6. The van der Waals surface area contributed by atoms with Crippen LogP contribution in [0.5, 0.6) is 28.7 Å². The maximum absolute atomic E-state index is 13.1. The van der Waals surface area contributed by atoms with Crippen molar-refractivity contribution in [3.63, 3.8) is 0 Å². The molecule has 0 spiro atoms. The number of phenols is 1. The first kappa shape index (κ1) is 32.1. The molecule has 0 amide bonds. The molecule has 2 aromatic rings. The molecule has 0 saturated carbocycles. The van der Waals surface area contributed by atoms with Crippen LogP contribution in [0.4, 0.5) is 0 Å². The molecule has 2 aromatic carbocycles. The third-order valence-electron chi connectivity index (χ3n) is 7.73. The van der Waals surface area contributed by atoms with Crippen molar-refractivity contribution in [3.8, 4) is 28.7 Å². The molecule has 16 heteroatoms. The number of carbonyl (C=O) groups excluding carboxylic acids is 1. The average molecular weight is 627 g/mol. The third kappa shape index (κ3) is 6.01. The Morgan fingerprint density at radius 2 is 1.36 bits per heavy atom. The zero-order valence-corrected chi connectivity index (χ0v) is 23.2. The Kier molecular flexibility index (Phi) is 9.47. The van der Waals surface area contributed by atoms with Crippen molar-refractivity contribution in [3.05, 3.63) is 41.5 Å². The van der Waals surface area contributed by atoms with E-state index in [1.54, 1.807) is 6.07 Å². The number of aliphatic hydroxyl groups is 8. The van der Waals surface area contributed by atoms with E-state index in [1.807, 2.05) is 0 Å². The number of aromatic hydroxyl groups is 1. The van der Waals surface area contributed by atoms with Gasteiger partial charge in [0, 0.05) is 12.1 Å². The predicted octanol–water partition coefficient (Wildman–Crippen LogP) is -2.54. The summed E-state index contributed by atoms with van der Waals surface area (Å²) >= 11 is 0. The monoisotopic (exact) mass is 626 g/mol. The van der Waals surface area contributed by atoms with Gasteiger partial charge >= 0.3 is 0 Å². The molecular weight excluding hydrogens is 592 g/mol. The third-order valence-corrected chi connectivity index (χ3v) is 7.73. The van der Waals surface area contributed by atoms with Gasteiger partial charge in [-0.1, -0.05) is 6.07 Å². The van der Waals surface area contributed by atoms with Gasteiger partial charge in [-0.05, 0) is 17.7 Å². The first-order valence-corrected chi connectivity index (χ1v) is 13.7. The molecule has 2 saturated heterocycles. The van der Waals surface area contributed by atoms with E-state index in [4.69, 9.17) is 28.4 Å². The Labute approximate surface area is 249 Å². The Morgan fingerprint density at radius 1 is 0.773 bits per heavy atom. The van der Waals surface area contributed by atoms with Gasteiger partial charge < -0.3 is 74.4 Å². The Morgan fingerprint density at radius 3 is 1.93 bits per heavy atom. The highest BCUT2D eigenvalue weighted by Gasteiger charge is 2.46. The van der Waals surface area contributed by atoms with Crippen molar-refractivity contribution in [2.45, 2.75) is 73.9 Å². The summed E-state index contributed by atoms with van der Waals surface area (Å²) in [6, 6.07) is 6.86. The quantitative estimate of drug-likeness (QED) is 0.146. The van der Waals surface area contributed by atoms with Crippen LogP contribution in [0.15, 0.2) is 30.3 Å². The summed E-state index contributed by atoms with van der Waals surface area (Å²) in [5.74, 6) is -0.995. The first-order chi connectivity index (χ1) is 21.0. The van der Waals surface area contributed by atoms with Crippen molar-refractivity contribution in [2.24, 2.45) is 0 Å². The van der Waals surface area contributed by atoms with Crippen LogP contribution in [-0.4, -0.2) is 133 Å². The normalized spacial score (nSPS) is 35.4. The molecule has 11 atom stereocenters. The van der Waals surface area contributed by atoms with Crippen LogP contribution in [0.1, 0.15) is 28.4 Å². The smallest absolute Gasteiger partial charge is 0.229 e. The number of phenolic OH excluding ortho intramolecular Hbond substituents is 1. The summed E-state index contributed by atoms with van der Waals surface area (Å²) in [5, 5.41) is 90.4. The van der Waals surface area contributed by atoms with Gasteiger partial charge in [0.2, 0.25) is 12.6 Å². The molecular formula is C28H34O16. The van der Waals surface area contributed by atoms with Gasteiger partial charge in [-0.3, -0.25) is 4.79 Å². The number of methoxy groups -OCH3 is 1. The van der Waals surface area contributed by atoms with Gasteiger partial charge in [-0.25, -0.2) is 0 Å². The number of ether oxygens (including phenoxy) is 6. The number of carbonyl (C=O) groups is 1. The van der Waals surface area contributed by atoms with Crippen LogP contribution >= 0.6 is 0 Å². The zero-order valence-electron chi connectivity index (χ0n) is 23.2. The van der Waals surface area contributed by atoms with Crippen LogP contribution in [0.25, 0.3) is 0 Å². The van der Waals surface area contributed by atoms with Gasteiger partial charge in [-0.2, -0.15) is 0 Å². The highest BCUT2D eigenvalue weighted by molar-refractivity contribution is 6.02. The molecule has 44 heavy (non-hydrogen) atoms. The lowest BCUT2D eigenvalue weighted by Crippen LogP contribution is -2.60. The molecule has 16 nitrogen and oxygen atoms in total. The van der Waals surface area contributed by atoms with E-state index in [0.717, 1.165) is 6.07 Å². The van der Waals surface area contributed by atoms with Crippen LogP contribution < -0.4 is 18.9 Å². The summed E-state index contributed by atoms with van der Waals surface area (Å²) in [7, 11) is 1.35. The van der Waals surface area contributed by atoms with E-state index in [9.17, 15) is 50.8 Å². The minimum atomic E-state index is -1.72. The number of Topliss-reactive ketones (excluding diaryl/α,β-unsaturated/α-hetero) is 1. The summed E-state index contributed by atoms with van der Waals surface area (Å²) in [6.07, 6.45) is -16.6. The fourth-order valence-electron chi connectivity index (χ4n) is 5.24. The molecule has 3 aliphatic rings. The summed E-state index contributed by atoms with van der Waals surface area (Å²) in [6.45, 7) is -1.34. The van der Waals surface area contributed by atoms with E-state index in [0.29, 0.717) is 5.56 Å². The molecule has 0 aromatic heterocycles. The number of rotatable bonds is 8. The second-order valence-corrected chi connectivity index (χ2v) is 10.6. The molecule has 0 bridgehead atoms. The van der Waals surface area contributed by atoms with Gasteiger partial charge in [0.05, 0.1) is 26.7 Å². The van der Waals surface area contributed by atoms with E-state index < -0.39 is 92.3 Å². The average Bonchev–Trinajstić information content (AvgIpc) is 3.01. The van der Waals surface area contributed by atoms with E-state index >= 15 is 0 Å².